The van der Waals surface area contributed by atoms with Crippen LogP contribution in [0.1, 0.15) is 30.9 Å². The summed E-state index contributed by atoms with van der Waals surface area (Å²) in [6, 6.07) is 8.99. The molecule has 0 spiro atoms. The van der Waals surface area contributed by atoms with Crippen LogP contribution in [0.5, 0.6) is 0 Å². The van der Waals surface area contributed by atoms with Gasteiger partial charge >= 0.3 is 0 Å². The zero-order chi connectivity index (χ0) is 9.80. The predicted molar refractivity (Wildman–Crippen MR) is 60.3 cm³/mol. The minimum atomic E-state index is 1.15. The summed E-state index contributed by atoms with van der Waals surface area (Å²) in [6.07, 6.45) is 3.91. The van der Waals surface area contributed by atoms with Gasteiger partial charge in [0.15, 0.2) is 0 Å². The summed E-state index contributed by atoms with van der Waals surface area (Å²) >= 11 is 0. The molecule has 1 heterocycles. The lowest BCUT2D eigenvalue weighted by Crippen LogP contribution is -2.18. The fourth-order valence-corrected chi connectivity index (χ4v) is 2.15. The molecule has 1 heteroatoms. The van der Waals surface area contributed by atoms with Crippen LogP contribution in [-0.2, 0) is 13.0 Å². The molecule has 76 valence electrons. The first-order valence-electron chi connectivity index (χ1n) is 5.68. The van der Waals surface area contributed by atoms with Crippen LogP contribution in [0, 0.1) is 0 Å². The van der Waals surface area contributed by atoms with Crippen LogP contribution >= 0.6 is 0 Å². The van der Waals surface area contributed by atoms with Crippen molar-refractivity contribution in [2.45, 2.75) is 32.7 Å². The normalized spacial score (nSPS) is 17.5. The van der Waals surface area contributed by atoms with Gasteiger partial charge in [-0.05, 0) is 43.5 Å². The van der Waals surface area contributed by atoms with Gasteiger partial charge in [-0.25, -0.2) is 0 Å². The molecule has 0 atom stereocenters. The molecule has 2 rings (SSSR count). The molecule has 0 N–H and O–H groups in total. The SMILES string of the molecule is CCc1cccc(CN2CCCC2)c1. The first-order valence-corrected chi connectivity index (χ1v) is 5.68. The molecule has 1 aliphatic rings. The second-order valence-corrected chi connectivity index (χ2v) is 4.16. The fraction of sp³-hybridized carbons (Fsp3) is 0.538. The Morgan fingerprint density at radius 3 is 2.57 bits per heavy atom. The summed E-state index contributed by atoms with van der Waals surface area (Å²) in [7, 11) is 0. The summed E-state index contributed by atoms with van der Waals surface area (Å²) in [6.45, 7) is 5.94. The second kappa shape index (κ2) is 4.61. The standard InChI is InChI=1S/C13H19N/c1-2-12-6-5-7-13(10-12)11-14-8-3-4-9-14/h5-7,10H,2-4,8-9,11H2,1H3. The Balaban J connectivity index is 2.00. The predicted octanol–water partition coefficient (Wildman–Crippen LogP) is 2.84. The molecule has 1 saturated heterocycles. The van der Waals surface area contributed by atoms with Gasteiger partial charge in [0.05, 0.1) is 0 Å². The van der Waals surface area contributed by atoms with E-state index in [-0.39, 0.29) is 0 Å². The van der Waals surface area contributed by atoms with Crippen LogP contribution < -0.4 is 0 Å². The molecule has 0 aromatic heterocycles. The van der Waals surface area contributed by atoms with E-state index in [1.807, 2.05) is 0 Å². The maximum absolute atomic E-state index is 2.55. The Morgan fingerprint density at radius 1 is 1.14 bits per heavy atom. The molecule has 1 aromatic rings. The van der Waals surface area contributed by atoms with Gasteiger partial charge in [-0.1, -0.05) is 31.2 Å². The number of rotatable bonds is 3. The van der Waals surface area contributed by atoms with Crippen LogP contribution in [0.2, 0.25) is 0 Å². The molecule has 14 heavy (non-hydrogen) atoms. The number of benzene rings is 1. The van der Waals surface area contributed by atoms with E-state index >= 15 is 0 Å². The van der Waals surface area contributed by atoms with E-state index in [0.29, 0.717) is 0 Å². The van der Waals surface area contributed by atoms with Gasteiger partial charge in [0.1, 0.15) is 0 Å². The highest BCUT2D eigenvalue weighted by Crippen LogP contribution is 2.13. The van der Waals surface area contributed by atoms with Gasteiger partial charge in [-0.15, -0.1) is 0 Å². The largest absolute Gasteiger partial charge is 0.299 e. The van der Waals surface area contributed by atoms with Crippen molar-refractivity contribution in [3.05, 3.63) is 35.4 Å². The summed E-state index contributed by atoms with van der Waals surface area (Å²) in [5, 5.41) is 0. The molecule has 1 aliphatic heterocycles. The van der Waals surface area contributed by atoms with Gasteiger partial charge in [-0.3, -0.25) is 4.90 Å². The molecular formula is C13H19N. The fourth-order valence-electron chi connectivity index (χ4n) is 2.15. The number of hydrogen-bond acceptors (Lipinski definition) is 1. The number of nitrogens with zero attached hydrogens (tertiary/aromatic N) is 1. The molecule has 1 aromatic carbocycles. The van der Waals surface area contributed by atoms with E-state index in [1.54, 1.807) is 0 Å². The number of hydrogen-bond donors (Lipinski definition) is 0. The molecule has 1 nitrogen and oxygen atoms in total. The van der Waals surface area contributed by atoms with E-state index < -0.39 is 0 Å². The average Bonchev–Trinajstić information content (AvgIpc) is 2.71. The van der Waals surface area contributed by atoms with Crippen molar-refractivity contribution in [3.8, 4) is 0 Å². The quantitative estimate of drug-likeness (QED) is 0.706. The minimum absolute atomic E-state index is 1.15. The van der Waals surface area contributed by atoms with E-state index in [9.17, 15) is 0 Å². The van der Waals surface area contributed by atoms with E-state index in [2.05, 4.69) is 36.1 Å². The highest BCUT2D eigenvalue weighted by molar-refractivity contribution is 5.23. The van der Waals surface area contributed by atoms with Gasteiger partial charge in [-0.2, -0.15) is 0 Å². The highest BCUT2D eigenvalue weighted by Gasteiger charge is 2.11. The van der Waals surface area contributed by atoms with Crippen molar-refractivity contribution < 1.29 is 0 Å². The Morgan fingerprint density at radius 2 is 1.86 bits per heavy atom. The van der Waals surface area contributed by atoms with Crippen LogP contribution in [0.15, 0.2) is 24.3 Å². The zero-order valence-corrected chi connectivity index (χ0v) is 9.00. The Hall–Kier alpha value is -0.820. The lowest BCUT2D eigenvalue weighted by Gasteiger charge is -2.14. The third kappa shape index (κ3) is 2.36. The first kappa shape index (κ1) is 9.72. The van der Waals surface area contributed by atoms with Crippen LogP contribution in [0.3, 0.4) is 0 Å². The van der Waals surface area contributed by atoms with E-state index in [1.165, 1.54) is 37.1 Å². The maximum atomic E-state index is 2.55. The van der Waals surface area contributed by atoms with E-state index in [0.717, 1.165) is 13.0 Å². The topological polar surface area (TPSA) is 3.24 Å². The third-order valence-corrected chi connectivity index (χ3v) is 3.00. The number of aryl methyl sites for hydroxylation is 1. The van der Waals surface area contributed by atoms with Crippen molar-refractivity contribution in [1.29, 1.82) is 0 Å². The lowest BCUT2D eigenvalue weighted by atomic mass is 10.1. The molecule has 0 saturated carbocycles. The second-order valence-electron chi connectivity index (χ2n) is 4.16. The smallest absolute Gasteiger partial charge is 0.0233 e. The van der Waals surface area contributed by atoms with Crippen molar-refractivity contribution in [1.82, 2.24) is 4.90 Å². The van der Waals surface area contributed by atoms with Crippen molar-refractivity contribution in [2.75, 3.05) is 13.1 Å². The van der Waals surface area contributed by atoms with Gasteiger partial charge in [0.2, 0.25) is 0 Å². The molecular weight excluding hydrogens is 170 g/mol. The monoisotopic (exact) mass is 189 g/mol. The Kier molecular flexibility index (Phi) is 3.20. The van der Waals surface area contributed by atoms with Crippen molar-refractivity contribution in [3.63, 3.8) is 0 Å². The molecule has 0 aliphatic carbocycles. The Labute approximate surface area is 86.7 Å². The maximum Gasteiger partial charge on any atom is 0.0233 e. The summed E-state index contributed by atoms with van der Waals surface area (Å²) in [4.78, 5) is 2.55. The van der Waals surface area contributed by atoms with Gasteiger partial charge in [0.25, 0.3) is 0 Å². The average molecular weight is 189 g/mol. The van der Waals surface area contributed by atoms with E-state index in [4.69, 9.17) is 0 Å². The summed E-state index contributed by atoms with van der Waals surface area (Å²) < 4.78 is 0. The molecule has 0 bridgehead atoms. The van der Waals surface area contributed by atoms with Crippen LogP contribution in [0.25, 0.3) is 0 Å². The van der Waals surface area contributed by atoms with Gasteiger partial charge in [0, 0.05) is 6.54 Å². The highest BCUT2D eigenvalue weighted by atomic mass is 15.1. The lowest BCUT2D eigenvalue weighted by molar-refractivity contribution is 0.331. The first-order chi connectivity index (χ1) is 6.88. The molecule has 0 radical (unpaired) electrons. The van der Waals surface area contributed by atoms with Crippen LogP contribution in [-0.4, -0.2) is 18.0 Å². The summed E-state index contributed by atoms with van der Waals surface area (Å²) in [5.74, 6) is 0. The van der Waals surface area contributed by atoms with Gasteiger partial charge < -0.3 is 0 Å². The molecule has 1 fully saturated rings. The van der Waals surface area contributed by atoms with Crippen LogP contribution in [0.4, 0.5) is 0 Å². The molecule has 0 amide bonds. The third-order valence-electron chi connectivity index (χ3n) is 3.00. The van der Waals surface area contributed by atoms with Crippen molar-refractivity contribution >= 4 is 0 Å². The minimum Gasteiger partial charge on any atom is -0.299 e. The Bertz CT molecular complexity index is 287. The summed E-state index contributed by atoms with van der Waals surface area (Å²) in [5.41, 5.74) is 2.94. The molecule has 0 unspecified atom stereocenters. The van der Waals surface area contributed by atoms with Crippen molar-refractivity contribution in [2.24, 2.45) is 0 Å². The zero-order valence-electron chi connectivity index (χ0n) is 9.00. The number of likely N-dealkylation sites (tertiary alicyclic amines) is 1.